The van der Waals surface area contributed by atoms with Crippen LogP contribution in [0.25, 0.3) is 22.6 Å². The number of aryl methyl sites for hydroxylation is 2. The van der Waals surface area contributed by atoms with Crippen LogP contribution >= 0.6 is 23.1 Å². The molecule has 0 bridgehead atoms. The molecule has 0 unspecified atom stereocenters. The number of carbonyl (C=O) groups is 1. The first-order valence-corrected chi connectivity index (χ1v) is 11.8. The number of amides is 1. The summed E-state index contributed by atoms with van der Waals surface area (Å²) in [7, 11) is 0. The van der Waals surface area contributed by atoms with Crippen molar-refractivity contribution in [3.8, 4) is 22.6 Å². The van der Waals surface area contributed by atoms with Crippen molar-refractivity contribution in [3.05, 3.63) is 65.0 Å². The van der Waals surface area contributed by atoms with E-state index in [9.17, 15) is 4.79 Å². The van der Waals surface area contributed by atoms with Gasteiger partial charge in [0.05, 0.1) is 11.4 Å². The van der Waals surface area contributed by atoms with Gasteiger partial charge in [0.1, 0.15) is 0 Å². The first-order valence-electron chi connectivity index (χ1n) is 10.0. The number of anilines is 1. The van der Waals surface area contributed by atoms with Crippen LogP contribution in [0.15, 0.2) is 59.8 Å². The number of benzene rings is 2. The third-order valence-electron chi connectivity index (χ3n) is 4.84. The number of nitrogens with zero attached hydrogens (tertiary/aromatic N) is 4. The number of carbonyl (C=O) groups excluding carboxylic acids is 1. The fraction of sp³-hybridized carbons (Fsp3) is 0.217. The number of aromatic nitrogens is 4. The second kappa shape index (κ2) is 9.45. The van der Waals surface area contributed by atoms with E-state index >= 15 is 0 Å². The van der Waals surface area contributed by atoms with Crippen molar-refractivity contribution in [2.45, 2.75) is 32.5 Å². The Morgan fingerprint density at radius 1 is 1.06 bits per heavy atom. The van der Waals surface area contributed by atoms with Crippen LogP contribution in [0.3, 0.4) is 0 Å². The van der Waals surface area contributed by atoms with Gasteiger partial charge >= 0.3 is 0 Å². The molecule has 0 aliphatic heterocycles. The Morgan fingerprint density at radius 3 is 2.55 bits per heavy atom. The molecule has 2 heterocycles. The molecule has 0 saturated heterocycles. The maximum Gasteiger partial charge on any atom is 0.236 e. The minimum Gasteiger partial charge on any atom is -0.302 e. The van der Waals surface area contributed by atoms with Gasteiger partial charge in [-0.25, -0.2) is 4.98 Å². The van der Waals surface area contributed by atoms with Crippen LogP contribution in [-0.2, 0) is 11.3 Å². The van der Waals surface area contributed by atoms with Gasteiger partial charge in [-0.1, -0.05) is 66.4 Å². The Kier molecular flexibility index (Phi) is 6.48. The fourth-order valence-electron chi connectivity index (χ4n) is 3.30. The predicted molar refractivity (Wildman–Crippen MR) is 128 cm³/mol. The molecule has 0 fully saturated rings. The van der Waals surface area contributed by atoms with Crippen molar-refractivity contribution >= 4 is 34.1 Å². The van der Waals surface area contributed by atoms with Gasteiger partial charge in [0, 0.05) is 22.5 Å². The largest absolute Gasteiger partial charge is 0.302 e. The van der Waals surface area contributed by atoms with Crippen LogP contribution in [0, 0.1) is 13.8 Å². The van der Waals surface area contributed by atoms with Gasteiger partial charge in [0.2, 0.25) is 5.91 Å². The smallest absolute Gasteiger partial charge is 0.236 e. The zero-order valence-corrected chi connectivity index (χ0v) is 19.3. The number of hydrogen-bond donors (Lipinski definition) is 1. The lowest BCUT2D eigenvalue weighted by Crippen LogP contribution is -2.14. The highest BCUT2D eigenvalue weighted by Crippen LogP contribution is 2.31. The lowest BCUT2D eigenvalue weighted by atomic mass is 10.1. The van der Waals surface area contributed by atoms with Crippen molar-refractivity contribution < 1.29 is 4.79 Å². The molecule has 8 heteroatoms. The number of hydrogen-bond acceptors (Lipinski definition) is 6. The van der Waals surface area contributed by atoms with E-state index in [2.05, 4.69) is 40.4 Å². The molecule has 2 aromatic carbocycles. The fourth-order valence-corrected chi connectivity index (χ4v) is 4.96. The zero-order chi connectivity index (χ0) is 21.8. The molecule has 2 aromatic heterocycles. The maximum atomic E-state index is 12.6. The lowest BCUT2D eigenvalue weighted by Gasteiger charge is -2.09. The third kappa shape index (κ3) is 4.70. The van der Waals surface area contributed by atoms with E-state index in [1.807, 2.05) is 60.0 Å². The van der Waals surface area contributed by atoms with Crippen LogP contribution < -0.4 is 5.32 Å². The summed E-state index contributed by atoms with van der Waals surface area (Å²) in [6.45, 7) is 6.86. The summed E-state index contributed by atoms with van der Waals surface area (Å²) in [5, 5.41) is 13.0. The van der Waals surface area contributed by atoms with Crippen molar-refractivity contribution in [1.29, 1.82) is 0 Å². The van der Waals surface area contributed by atoms with Gasteiger partial charge in [0.15, 0.2) is 16.1 Å². The van der Waals surface area contributed by atoms with Gasteiger partial charge in [-0.05, 0) is 26.3 Å². The van der Waals surface area contributed by atoms with Crippen molar-refractivity contribution in [2.24, 2.45) is 0 Å². The Labute approximate surface area is 189 Å². The zero-order valence-electron chi connectivity index (χ0n) is 17.6. The van der Waals surface area contributed by atoms with Gasteiger partial charge in [0.25, 0.3) is 0 Å². The van der Waals surface area contributed by atoms with Crippen molar-refractivity contribution in [1.82, 2.24) is 19.7 Å². The molecule has 0 spiro atoms. The summed E-state index contributed by atoms with van der Waals surface area (Å²) in [5.41, 5.74) is 4.15. The monoisotopic (exact) mass is 449 g/mol. The van der Waals surface area contributed by atoms with Crippen LogP contribution in [-0.4, -0.2) is 31.4 Å². The highest BCUT2D eigenvalue weighted by atomic mass is 32.2. The van der Waals surface area contributed by atoms with Crippen LogP contribution in [0.5, 0.6) is 0 Å². The Hall–Kier alpha value is -2.97. The minimum atomic E-state index is -0.110. The highest BCUT2D eigenvalue weighted by molar-refractivity contribution is 7.99. The molecule has 1 N–H and O–H groups in total. The maximum absolute atomic E-state index is 12.6. The van der Waals surface area contributed by atoms with Crippen molar-refractivity contribution in [2.75, 3.05) is 11.1 Å². The van der Waals surface area contributed by atoms with Crippen LogP contribution in [0.1, 0.15) is 17.4 Å². The number of rotatable bonds is 7. The quantitative estimate of drug-likeness (QED) is 0.381. The predicted octanol–water partition coefficient (Wildman–Crippen LogP) is 5.44. The molecular weight excluding hydrogens is 426 g/mol. The molecule has 4 rings (SSSR count). The number of nitrogens with one attached hydrogen (secondary N) is 1. The SMILES string of the molecule is CCn1c(SCC(=O)Nc2nc(-c3ccccc3)c(C)s2)nnc1-c1ccccc1C. The van der Waals surface area contributed by atoms with E-state index in [1.165, 1.54) is 23.1 Å². The molecule has 6 nitrogen and oxygen atoms in total. The van der Waals surface area contributed by atoms with Gasteiger partial charge in [-0.3, -0.25) is 4.79 Å². The summed E-state index contributed by atoms with van der Waals surface area (Å²) in [4.78, 5) is 18.2. The molecule has 4 aromatic rings. The van der Waals surface area contributed by atoms with Gasteiger partial charge in [-0.2, -0.15) is 0 Å². The molecule has 0 aliphatic carbocycles. The average Bonchev–Trinajstić information content (AvgIpc) is 3.35. The standard InChI is InChI=1S/C23H23N5OS2/c1-4-28-21(18-13-9-8-10-15(18)2)26-27-23(28)30-14-19(29)24-22-25-20(16(3)31-22)17-11-6-5-7-12-17/h5-13H,4,14H2,1-3H3,(H,24,25,29). The average molecular weight is 450 g/mol. The second-order valence-electron chi connectivity index (χ2n) is 6.99. The van der Waals surface area contributed by atoms with E-state index < -0.39 is 0 Å². The lowest BCUT2D eigenvalue weighted by molar-refractivity contribution is -0.113. The normalized spacial score (nSPS) is 10.9. The summed E-state index contributed by atoms with van der Waals surface area (Å²) in [6.07, 6.45) is 0. The molecule has 31 heavy (non-hydrogen) atoms. The molecule has 0 aliphatic rings. The molecule has 0 saturated carbocycles. The topological polar surface area (TPSA) is 72.7 Å². The third-order valence-corrected chi connectivity index (χ3v) is 6.69. The first kappa shape index (κ1) is 21.3. The molecular formula is C23H23N5OS2. The first-order chi connectivity index (χ1) is 15.1. The molecule has 0 radical (unpaired) electrons. The van der Waals surface area contributed by atoms with Gasteiger partial charge < -0.3 is 9.88 Å². The van der Waals surface area contributed by atoms with E-state index in [1.54, 1.807) is 0 Å². The Morgan fingerprint density at radius 2 is 1.81 bits per heavy atom. The number of thioether (sulfide) groups is 1. The summed E-state index contributed by atoms with van der Waals surface area (Å²) >= 11 is 2.87. The van der Waals surface area contributed by atoms with Crippen LogP contribution in [0.2, 0.25) is 0 Å². The molecule has 158 valence electrons. The molecule has 1 amide bonds. The van der Waals surface area contributed by atoms with Gasteiger partial charge in [-0.15, -0.1) is 21.5 Å². The molecule has 0 atom stereocenters. The van der Waals surface area contributed by atoms with E-state index in [0.717, 1.165) is 44.8 Å². The second-order valence-corrected chi connectivity index (χ2v) is 9.14. The van der Waals surface area contributed by atoms with Crippen molar-refractivity contribution in [3.63, 3.8) is 0 Å². The number of thiazole rings is 1. The summed E-state index contributed by atoms with van der Waals surface area (Å²) < 4.78 is 2.04. The van der Waals surface area contributed by atoms with E-state index in [4.69, 9.17) is 0 Å². The van der Waals surface area contributed by atoms with E-state index in [-0.39, 0.29) is 11.7 Å². The highest BCUT2D eigenvalue weighted by Gasteiger charge is 2.17. The summed E-state index contributed by atoms with van der Waals surface area (Å²) in [5.74, 6) is 0.957. The summed E-state index contributed by atoms with van der Waals surface area (Å²) in [6, 6.07) is 18.1. The Balaban J connectivity index is 1.44. The Bertz CT molecular complexity index is 1200. The van der Waals surface area contributed by atoms with E-state index in [0.29, 0.717) is 5.13 Å². The van der Waals surface area contributed by atoms with Crippen LogP contribution in [0.4, 0.5) is 5.13 Å². The minimum absolute atomic E-state index is 0.110.